The third-order valence-corrected chi connectivity index (χ3v) is 3.46. The molecule has 0 unspecified atom stereocenters. The van der Waals surface area contributed by atoms with Crippen molar-refractivity contribution in [2.45, 2.75) is 0 Å². The van der Waals surface area contributed by atoms with Crippen molar-refractivity contribution < 1.29 is 9.15 Å². The summed E-state index contributed by atoms with van der Waals surface area (Å²) in [4.78, 5) is 0. The van der Waals surface area contributed by atoms with E-state index in [-0.39, 0.29) is 5.95 Å². The summed E-state index contributed by atoms with van der Waals surface area (Å²) in [5, 5.41) is 7.99. The number of methoxy groups -OCH3 is 1. The zero-order valence-electron chi connectivity index (χ0n) is 10.6. The first-order valence-electron chi connectivity index (χ1n) is 5.80. The Morgan fingerprint density at radius 1 is 1.25 bits per heavy atom. The smallest absolute Gasteiger partial charge is 0.227 e. The first kappa shape index (κ1) is 12.7. The van der Waals surface area contributed by atoms with Gasteiger partial charge in [-0.1, -0.05) is 6.07 Å². The second-order valence-corrected chi connectivity index (χ2v) is 4.84. The van der Waals surface area contributed by atoms with Gasteiger partial charge in [-0.3, -0.25) is 4.57 Å². The Morgan fingerprint density at radius 2 is 2.10 bits per heavy atom. The molecule has 102 valence electrons. The number of nitrogens with two attached hydrogens (primary N) is 1. The number of hydrogen-bond acceptors (Lipinski definition) is 5. The van der Waals surface area contributed by atoms with Crippen LogP contribution in [-0.4, -0.2) is 21.9 Å². The Balaban J connectivity index is 2.28. The minimum absolute atomic E-state index is 0.251. The summed E-state index contributed by atoms with van der Waals surface area (Å²) >= 11 is 3.50. The molecular weight excluding hydrogens is 324 g/mol. The number of aromatic nitrogens is 3. The molecule has 0 saturated heterocycles. The highest BCUT2D eigenvalue weighted by Gasteiger charge is 2.20. The van der Waals surface area contributed by atoms with Crippen LogP contribution in [-0.2, 0) is 0 Å². The number of hydrogen-bond donors (Lipinski definition) is 1. The molecular formula is C13H11BrN4O2. The predicted octanol–water partition coefficient (Wildman–Crippen LogP) is 2.88. The number of benzene rings is 1. The summed E-state index contributed by atoms with van der Waals surface area (Å²) in [7, 11) is 1.60. The Hall–Kier alpha value is -2.28. The molecule has 0 atom stereocenters. The van der Waals surface area contributed by atoms with Crippen molar-refractivity contribution in [3.8, 4) is 23.0 Å². The van der Waals surface area contributed by atoms with Gasteiger partial charge in [0.1, 0.15) is 11.4 Å². The van der Waals surface area contributed by atoms with Crippen LogP contribution in [0.25, 0.3) is 17.3 Å². The molecule has 1 aromatic carbocycles. The second-order valence-electron chi connectivity index (χ2n) is 3.99. The van der Waals surface area contributed by atoms with Crippen molar-refractivity contribution in [2.75, 3.05) is 12.8 Å². The lowest BCUT2D eigenvalue weighted by molar-refractivity contribution is 0.412. The van der Waals surface area contributed by atoms with Gasteiger partial charge >= 0.3 is 0 Å². The summed E-state index contributed by atoms with van der Waals surface area (Å²) in [6, 6.07) is 9.18. The van der Waals surface area contributed by atoms with Gasteiger partial charge in [0.15, 0.2) is 5.76 Å². The van der Waals surface area contributed by atoms with E-state index < -0.39 is 0 Å². The standard InChI is InChI=1S/C13H11BrN4O2/c1-19-9-5-2-4-8(14)11(9)18-12(16-17-13(18)15)10-6-3-7-20-10/h2-7H,1H3,(H2,15,17). The van der Waals surface area contributed by atoms with Gasteiger partial charge in [0, 0.05) is 4.47 Å². The number of furan rings is 1. The van der Waals surface area contributed by atoms with Crippen LogP contribution in [0.2, 0.25) is 0 Å². The van der Waals surface area contributed by atoms with Crippen molar-refractivity contribution in [1.29, 1.82) is 0 Å². The predicted molar refractivity (Wildman–Crippen MR) is 77.7 cm³/mol. The summed E-state index contributed by atoms with van der Waals surface area (Å²) in [6.45, 7) is 0. The van der Waals surface area contributed by atoms with E-state index in [0.717, 1.165) is 10.2 Å². The average molecular weight is 335 g/mol. The van der Waals surface area contributed by atoms with Gasteiger partial charge in [0.25, 0.3) is 0 Å². The van der Waals surface area contributed by atoms with Gasteiger partial charge in [-0.25, -0.2) is 0 Å². The van der Waals surface area contributed by atoms with Crippen LogP contribution in [0.3, 0.4) is 0 Å². The maximum absolute atomic E-state index is 5.94. The fraction of sp³-hybridized carbons (Fsp3) is 0.0769. The lowest BCUT2D eigenvalue weighted by Crippen LogP contribution is -2.05. The van der Waals surface area contributed by atoms with Crippen molar-refractivity contribution in [1.82, 2.24) is 14.8 Å². The van der Waals surface area contributed by atoms with Crippen LogP contribution in [0, 0.1) is 0 Å². The van der Waals surface area contributed by atoms with Gasteiger partial charge < -0.3 is 14.9 Å². The molecule has 0 spiro atoms. The topological polar surface area (TPSA) is 79.1 Å². The number of nitrogen functional groups attached to an aromatic ring is 1. The molecule has 20 heavy (non-hydrogen) atoms. The van der Waals surface area contributed by atoms with E-state index >= 15 is 0 Å². The molecule has 2 N–H and O–H groups in total. The summed E-state index contributed by atoms with van der Waals surface area (Å²) in [6.07, 6.45) is 1.57. The molecule has 3 aromatic rings. The van der Waals surface area contributed by atoms with Crippen molar-refractivity contribution in [3.63, 3.8) is 0 Å². The minimum atomic E-state index is 0.251. The van der Waals surface area contributed by atoms with Crippen molar-refractivity contribution >= 4 is 21.9 Å². The fourth-order valence-corrected chi connectivity index (χ4v) is 2.48. The maximum atomic E-state index is 5.94. The molecule has 3 rings (SSSR count). The molecule has 0 aliphatic heterocycles. The van der Waals surface area contributed by atoms with Gasteiger partial charge in [0.2, 0.25) is 11.8 Å². The van der Waals surface area contributed by atoms with Gasteiger partial charge in [-0.2, -0.15) is 0 Å². The van der Waals surface area contributed by atoms with E-state index in [0.29, 0.717) is 17.3 Å². The molecule has 0 saturated carbocycles. The van der Waals surface area contributed by atoms with Crippen LogP contribution in [0.5, 0.6) is 5.75 Å². The maximum Gasteiger partial charge on any atom is 0.227 e. The Bertz CT molecular complexity index is 737. The van der Waals surface area contributed by atoms with Crippen molar-refractivity contribution in [3.05, 3.63) is 41.1 Å². The fourth-order valence-electron chi connectivity index (χ4n) is 1.96. The Morgan fingerprint density at radius 3 is 2.80 bits per heavy atom. The van der Waals surface area contributed by atoms with Gasteiger partial charge in [-0.15, -0.1) is 10.2 Å². The number of halogens is 1. The van der Waals surface area contributed by atoms with E-state index in [1.165, 1.54) is 0 Å². The number of para-hydroxylation sites is 1. The van der Waals surface area contributed by atoms with Gasteiger partial charge in [0.05, 0.1) is 13.4 Å². The Kier molecular flexibility index (Phi) is 3.19. The highest BCUT2D eigenvalue weighted by Crippen LogP contribution is 2.35. The third kappa shape index (κ3) is 1.96. The second kappa shape index (κ2) is 5.01. The van der Waals surface area contributed by atoms with E-state index in [4.69, 9.17) is 14.9 Å². The molecule has 0 radical (unpaired) electrons. The molecule has 2 heterocycles. The number of ether oxygens (including phenoxy) is 1. The van der Waals surface area contributed by atoms with Crippen molar-refractivity contribution in [2.24, 2.45) is 0 Å². The summed E-state index contributed by atoms with van der Waals surface area (Å²) < 4.78 is 13.3. The van der Waals surface area contributed by atoms with Crippen LogP contribution >= 0.6 is 15.9 Å². The first-order valence-corrected chi connectivity index (χ1v) is 6.59. The highest BCUT2D eigenvalue weighted by atomic mass is 79.9. The monoisotopic (exact) mass is 334 g/mol. The minimum Gasteiger partial charge on any atom is -0.495 e. The van der Waals surface area contributed by atoms with E-state index in [9.17, 15) is 0 Å². The lowest BCUT2D eigenvalue weighted by atomic mass is 10.2. The zero-order chi connectivity index (χ0) is 14.1. The van der Waals surface area contributed by atoms with E-state index in [1.807, 2.05) is 18.2 Å². The molecule has 7 heteroatoms. The number of nitrogens with zero attached hydrogens (tertiary/aromatic N) is 3. The third-order valence-electron chi connectivity index (χ3n) is 2.82. The SMILES string of the molecule is COc1cccc(Br)c1-n1c(N)nnc1-c1ccco1. The molecule has 0 fully saturated rings. The molecule has 2 aromatic heterocycles. The average Bonchev–Trinajstić information content (AvgIpc) is 3.08. The molecule has 0 amide bonds. The quantitative estimate of drug-likeness (QED) is 0.796. The molecule has 0 aliphatic rings. The van der Waals surface area contributed by atoms with Gasteiger partial charge in [-0.05, 0) is 40.2 Å². The summed E-state index contributed by atoms with van der Waals surface area (Å²) in [5.74, 6) is 1.99. The van der Waals surface area contributed by atoms with E-state index in [1.54, 1.807) is 30.1 Å². The molecule has 0 aliphatic carbocycles. The normalized spacial score (nSPS) is 10.7. The lowest BCUT2D eigenvalue weighted by Gasteiger charge is -2.13. The van der Waals surface area contributed by atoms with Crippen LogP contribution in [0.4, 0.5) is 5.95 Å². The van der Waals surface area contributed by atoms with E-state index in [2.05, 4.69) is 26.1 Å². The zero-order valence-corrected chi connectivity index (χ0v) is 12.2. The first-order chi connectivity index (χ1) is 9.72. The van der Waals surface area contributed by atoms with Crippen LogP contribution in [0.15, 0.2) is 45.5 Å². The molecule has 6 nitrogen and oxygen atoms in total. The van der Waals surface area contributed by atoms with Crippen LogP contribution < -0.4 is 10.5 Å². The molecule has 0 bridgehead atoms. The number of rotatable bonds is 3. The highest BCUT2D eigenvalue weighted by molar-refractivity contribution is 9.10. The largest absolute Gasteiger partial charge is 0.495 e. The number of anilines is 1. The Labute approximate surface area is 123 Å². The summed E-state index contributed by atoms with van der Waals surface area (Å²) in [5.41, 5.74) is 6.67. The van der Waals surface area contributed by atoms with Crippen LogP contribution in [0.1, 0.15) is 0 Å².